The van der Waals surface area contributed by atoms with Gasteiger partial charge in [-0.25, -0.2) is 0 Å². The van der Waals surface area contributed by atoms with Crippen molar-refractivity contribution in [1.29, 1.82) is 0 Å². The van der Waals surface area contributed by atoms with Gasteiger partial charge in [0.25, 0.3) is 0 Å². The number of anilines is 1. The van der Waals surface area contributed by atoms with E-state index in [4.69, 9.17) is 4.52 Å². The third-order valence-electron chi connectivity index (χ3n) is 6.61. The topological polar surface area (TPSA) is 128 Å². The van der Waals surface area contributed by atoms with Gasteiger partial charge in [-0.3, -0.25) is 14.4 Å². The van der Waals surface area contributed by atoms with Gasteiger partial charge >= 0.3 is 0 Å². The maximum absolute atomic E-state index is 13.2. The zero-order valence-corrected chi connectivity index (χ0v) is 24.5. The first-order valence-corrected chi connectivity index (χ1v) is 16.2. The summed E-state index contributed by atoms with van der Waals surface area (Å²) in [6, 6.07) is 15.4. The fraction of sp³-hybridized carbons (Fsp3) is 0.452. The minimum atomic E-state index is -3.65. The summed E-state index contributed by atoms with van der Waals surface area (Å²) >= 11 is 0. The second kappa shape index (κ2) is 16.7. The first kappa shape index (κ1) is 32.1. The molecule has 0 aliphatic carbocycles. The number of benzene rings is 2. The Hall–Kier alpha value is -3.44. The van der Waals surface area contributed by atoms with Gasteiger partial charge in [0.05, 0.1) is 18.8 Å². The molecule has 3 rings (SSSR count). The van der Waals surface area contributed by atoms with E-state index in [9.17, 15) is 23.8 Å². The van der Waals surface area contributed by atoms with E-state index in [2.05, 4.69) is 22.5 Å². The summed E-state index contributed by atoms with van der Waals surface area (Å²) in [5.74, 6) is 6.12. The summed E-state index contributed by atoms with van der Waals surface area (Å²) in [7, 11) is -3.65. The second-order valence-corrected chi connectivity index (χ2v) is 11.9. The Balaban J connectivity index is 1.29. The largest absolute Gasteiger partial charge is 0.779 e. The van der Waals surface area contributed by atoms with Gasteiger partial charge in [0.15, 0.2) is 0 Å². The van der Waals surface area contributed by atoms with Crippen LogP contribution in [0.5, 0.6) is 0 Å². The number of carbonyl (C=O) groups is 3. The maximum Gasteiger partial charge on any atom is 0.229 e. The van der Waals surface area contributed by atoms with Gasteiger partial charge in [-0.15, -0.1) is 0 Å². The van der Waals surface area contributed by atoms with Crippen molar-refractivity contribution in [2.75, 3.05) is 31.3 Å². The summed E-state index contributed by atoms with van der Waals surface area (Å²) < 4.78 is 15.6. The van der Waals surface area contributed by atoms with Gasteiger partial charge in [-0.2, -0.15) is 0 Å². The van der Waals surface area contributed by atoms with Gasteiger partial charge in [0.1, 0.15) is 7.60 Å². The van der Waals surface area contributed by atoms with Gasteiger partial charge < -0.3 is 29.5 Å². The summed E-state index contributed by atoms with van der Waals surface area (Å²) in [4.78, 5) is 50.1. The normalized spacial score (nSPS) is 13.4. The van der Waals surface area contributed by atoms with Crippen LogP contribution in [0.4, 0.5) is 5.69 Å². The average molecular weight is 581 g/mol. The number of hydrogen-bond acceptors (Lipinski definition) is 6. The Morgan fingerprint density at radius 2 is 1.44 bits per heavy atom. The minimum absolute atomic E-state index is 0.0441. The SMILES string of the molecule is CP(=O)([O-])OCCCCCCNC(=O)CCCCC(=O)NCCC(=O)N1Cc2ccccc2C#Cc2ccccc21. The fourth-order valence-electron chi connectivity index (χ4n) is 4.44. The van der Waals surface area contributed by atoms with Crippen LogP contribution in [0.25, 0.3) is 0 Å². The summed E-state index contributed by atoms with van der Waals surface area (Å²) in [5, 5.41) is 5.70. The lowest BCUT2D eigenvalue weighted by molar-refractivity contribution is -0.196. The van der Waals surface area contributed by atoms with Crippen molar-refractivity contribution in [2.45, 2.75) is 64.3 Å². The molecule has 9 nitrogen and oxygen atoms in total. The van der Waals surface area contributed by atoms with E-state index in [0.29, 0.717) is 45.2 Å². The molecule has 1 heterocycles. The number of nitrogens with one attached hydrogen (secondary N) is 2. The number of hydrogen-bond donors (Lipinski definition) is 2. The third kappa shape index (κ3) is 11.9. The van der Waals surface area contributed by atoms with Crippen molar-refractivity contribution >= 4 is 31.0 Å². The van der Waals surface area contributed by atoms with Crippen molar-refractivity contribution in [1.82, 2.24) is 10.6 Å². The van der Waals surface area contributed by atoms with Crippen LogP contribution in [0.15, 0.2) is 48.5 Å². The standard InChI is InChI=1S/C31H40N3O6P/c1-41(38,39)40-23-11-3-2-10-21-32-29(35)16-8-9-17-30(36)33-22-20-31(37)34-24-27-14-5-4-12-25(27)18-19-26-13-6-7-15-28(26)34/h4-7,12-15H,2-3,8-11,16-17,20-24H2,1H3,(H,32,35)(H,33,36)(H,38,39)/p-1. The molecule has 0 fully saturated rings. The molecule has 3 amide bonds. The Labute approximate surface area is 242 Å². The number of rotatable bonds is 16. The third-order valence-corrected chi connectivity index (χ3v) is 7.26. The second-order valence-electron chi connectivity index (χ2n) is 10.1. The number of carbonyl (C=O) groups excluding carboxylic acids is 3. The van der Waals surface area contributed by atoms with Crippen LogP contribution in [0.1, 0.15) is 74.5 Å². The molecule has 1 unspecified atom stereocenters. The highest BCUT2D eigenvalue weighted by Crippen LogP contribution is 2.31. The van der Waals surface area contributed by atoms with Crippen molar-refractivity contribution in [2.24, 2.45) is 0 Å². The highest BCUT2D eigenvalue weighted by molar-refractivity contribution is 7.50. The first-order valence-electron chi connectivity index (χ1n) is 14.2. The van der Waals surface area contributed by atoms with Crippen LogP contribution in [0.3, 0.4) is 0 Å². The molecule has 0 radical (unpaired) electrons. The number of fused-ring (bicyclic) bond motifs is 2. The summed E-state index contributed by atoms with van der Waals surface area (Å²) in [6.07, 6.45) is 5.21. The Morgan fingerprint density at radius 1 is 0.829 bits per heavy atom. The van der Waals surface area contributed by atoms with Crippen LogP contribution in [0, 0.1) is 11.8 Å². The van der Waals surface area contributed by atoms with Gasteiger partial charge in [-0.05, 0) is 49.4 Å². The van der Waals surface area contributed by atoms with Gasteiger partial charge in [0, 0.05) is 50.1 Å². The molecule has 1 aliphatic heterocycles. The molecule has 2 aromatic carbocycles. The van der Waals surface area contributed by atoms with Crippen LogP contribution < -0.4 is 20.4 Å². The van der Waals surface area contributed by atoms with E-state index in [1.54, 1.807) is 4.90 Å². The van der Waals surface area contributed by atoms with Crippen LogP contribution >= 0.6 is 7.60 Å². The van der Waals surface area contributed by atoms with E-state index >= 15 is 0 Å². The lowest BCUT2D eigenvalue weighted by atomic mass is 10.0. The van der Waals surface area contributed by atoms with E-state index in [0.717, 1.165) is 48.3 Å². The molecular weight excluding hydrogens is 541 g/mol. The molecule has 0 saturated heterocycles. The van der Waals surface area contributed by atoms with E-state index < -0.39 is 7.60 Å². The fourth-order valence-corrected chi connectivity index (χ4v) is 4.90. The predicted molar refractivity (Wildman–Crippen MR) is 157 cm³/mol. The summed E-state index contributed by atoms with van der Waals surface area (Å²) in [5.41, 5.74) is 3.44. The first-order chi connectivity index (χ1) is 19.7. The number of unbranched alkanes of at least 4 members (excludes halogenated alkanes) is 4. The molecule has 0 saturated carbocycles. The number of nitrogens with zero attached hydrogens (tertiary/aromatic N) is 1. The molecule has 0 spiro atoms. The van der Waals surface area contributed by atoms with E-state index in [-0.39, 0.29) is 37.3 Å². The lowest BCUT2D eigenvalue weighted by Crippen LogP contribution is -2.35. The zero-order chi connectivity index (χ0) is 29.5. The van der Waals surface area contributed by atoms with Crippen molar-refractivity contribution in [3.05, 3.63) is 65.2 Å². The molecule has 10 heteroatoms. The lowest BCUT2D eigenvalue weighted by Gasteiger charge is -2.26. The van der Waals surface area contributed by atoms with Crippen LogP contribution in [-0.4, -0.2) is 44.1 Å². The molecule has 0 aromatic heterocycles. The highest BCUT2D eigenvalue weighted by atomic mass is 31.2. The van der Waals surface area contributed by atoms with Crippen molar-refractivity contribution in [3.63, 3.8) is 0 Å². The number of para-hydroxylation sites is 1. The Kier molecular flexibility index (Phi) is 13.1. The monoisotopic (exact) mass is 580 g/mol. The molecule has 2 N–H and O–H groups in total. The van der Waals surface area contributed by atoms with Crippen LogP contribution in [-0.2, 0) is 30.0 Å². The van der Waals surface area contributed by atoms with Crippen LogP contribution in [0.2, 0.25) is 0 Å². The Bertz CT molecular complexity index is 1300. The van der Waals surface area contributed by atoms with Crippen molar-refractivity contribution in [3.8, 4) is 11.8 Å². The van der Waals surface area contributed by atoms with Gasteiger partial charge in [0.2, 0.25) is 17.7 Å². The molecule has 1 aliphatic rings. The maximum atomic E-state index is 13.2. The van der Waals surface area contributed by atoms with E-state index in [1.165, 1.54) is 0 Å². The zero-order valence-electron chi connectivity index (χ0n) is 23.7. The Morgan fingerprint density at radius 3 is 2.17 bits per heavy atom. The highest BCUT2D eigenvalue weighted by Gasteiger charge is 2.21. The molecule has 0 bridgehead atoms. The minimum Gasteiger partial charge on any atom is -0.779 e. The molecule has 41 heavy (non-hydrogen) atoms. The van der Waals surface area contributed by atoms with E-state index in [1.807, 2.05) is 48.5 Å². The van der Waals surface area contributed by atoms with Gasteiger partial charge in [-0.1, -0.05) is 55.0 Å². The number of amides is 3. The predicted octanol–water partition coefficient (Wildman–Crippen LogP) is 3.88. The quantitative estimate of drug-likeness (QED) is 0.176. The molecule has 1 atom stereocenters. The molecule has 220 valence electrons. The average Bonchev–Trinajstić information content (AvgIpc) is 2.93. The summed E-state index contributed by atoms with van der Waals surface area (Å²) in [6.45, 7) is 2.49. The molecule has 2 aromatic rings. The van der Waals surface area contributed by atoms with Crippen molar-refractivity contribution < 1.29 is 28.4 Å². The molecular formula is C31H39N3O6P-. The smallest absolute Gasteiger partial charge is 0.229 e.